The number of carbonyl (C=O) groups is 1. The number of aromatic nitrogens is 1. The van der Waals surface area contributed by atoms with E-state index in [-0.39, 0.29) is 5.56 Å². The van der Waals surface area contributed by atoms with Gasteiger partial charge >= 0.3 is 5.97 Å². The summed E-state index contributed by atoms with van der Waals surface area (Å²) in [4.78, 5) is 17.8. The highest BCUT2D eigenvalue weighted by atomic mass is 16.4. The summed E-state index contributed by atoms with van der Waals surface area (Å²) < 4.78 is 0. The van der Waals surface area contributed by atoms with Gasteiger partial charge in [-0.15, -0.1) is 0 Å². The Morgan fingerprint density at radius 1 is 1.19 bits per heavy atom. The molecule has 0 aliphatic heterocycles. The summed E-state index contributed by atoms with van der Waals surface area (Å²) in [5.74, 6) is -0.421. The van der Waals surface area contributed by atoms with Crippen LogP contribution in [0.1, 0.15) is 32.7 Å². The second-order valence-electron chi connectivity index (χ2n) is 5.37. The minimum atomic E-state index is -0.938. The van der Waals surface area contributed by atoms with E-state index in [2.05, 4.69) is 24.0 Å². The molecule has 1 N–H and O–H groups in total. The van der Waals surface area contributed by atoms with Crippen LogP contribution in [0.3, 0.4) is 0 Å². The third-order valence-corrected chi connectivity index (χ3v) is 3.57. The molecular formula is C17H20N2O2. The van der Waals surface area contributed by atoms with Crippen molar-refractivity contribution < 1.29 is 9.90 Å². The summed E-state index contributed by atoms with van der Waals surface area (Å²) in [7, 11) is 1.88. The van der Waals surface area contributed by atoms with E-state index in [1.165, 1.54) is 5.56 Å². The van der Waals surface area contributed by atoms with E-state index in [0.29, 0.717) is 12.4 Å². The fourth-order valence-electron chi connectivity index (χ4n) is 2.48. The van der Waals surface area contributed by atoms with Gasteiger partial charge in [0.1, 0.15) is 11.4 Å². The maximum atomic E-state index is 11.5. The number of carboxylic acid groups (broad SMARTS) is 1. The number of benzene rings is 1. The predicted octanol–water partition coefficient (Wildman–Crippen LogP) is 3.34. The van der Waals surface area contributed by atoms with Crippen molar-refractivity contribution in [1.82, 2.24) is 4.98 Å². The maximum absolute atomic E-state index is 11.5. The lowest BCUT2D eigenvalue weighted by Gasteiger charge is -2.22. The van der Waals surface area contributed by atoms with Gasteiger partial charge in [-0.05, 0) is 43.5 Å². The summed E-state index contributed by atoms with van der Waals surface area (Å²) in [6.07, 6.45) is 0. The molecule has 0 spiro atoms. The van der Waals surface area contributed by atoms with E-state index >= 15 is 0 Å². The zero-order valence-electron chi connectivity index (χ0n) is 12.8. The summed E-state index contributed by atoms with van der Waals surface area (Å²) in [5.41, 5.74) is 4.19. The number of anilines is 1. The number of aryl methyl sites for hydroxylation is 3. The summed E-state index contributed by atoms with van der Waals surface area (Å²) in [6.45, 7) is 6.37. The number of nitrogens with zero attached hydrogens (tertiary/aromatic N) is 2. The number of hydrogen-bond acceptors (Lipinski definition) is 3. The van der Waals surface area contributed by atoms with Gasteiger partial charge in [-0.1, -0.05) is 24.3 Å². The van der Waals surface area contributed by atoms with Crippen LogP contribution in [0.15, 0.2) is 30.3 Å². The lowest BCUT2D eigenvalue weighted by Crippen LogP contribution is -2.22. The molecule has 1 aromatic carbocycles. The standard InChI is InChI=1S/C17H20N2O2/c1-11-7-5-6-8-14(11)10-19(4)16-15(17(20)21)12(2)9-13(3)18-16/h5-9H,10H2,1-4H3,(H,20,21). The normalized spacial score (nSPS) is 10.5. The van der Waals surface area contributed by atoms with Crippen molar-refractivity contribution in [1.29, 1.82) is 0 Å². The first-order valence-corrected chi connectivity index (χ1v) is 6.87. The molecule has 0 saturated carbocycles. The number of aromatic carboxylic acids is 1. The van der Waals surface area contributed by atoms with Gasteiger partial charge in [-0.25, -0.2) is 9.78 Å². The molecule has 0 bridgehead atoms. The third-order valence-electron chi connectivity index (χ3n) is 3.57. The van der Waals surface area contributed by atoms with Gasteiger partial charge in [0, 0.05) is 19.3 Å². The smallest absolute Gasteiger partial charge is 0.339 e. The molecule has 2 aromatic rings. The Morgan fingerprint density at radius 3 is 2.48 bits per heavy atom. The summed E-state index contributed by atoms with van der Waals surface area (Å²) in [5, 5.41) is 9.44. The molecule has 0 aliphatic carbocycles. The van der Waals surface area contributed by atoms with Gasteiger partial charge in [0.25, 0.3) is 0 Å². The lowest BCUT2D eigenvalue weighted by atomic mass is 10.1. The van der Waals surface area contributed by atoms with Gasteiger partial charge < -0.3 is 10.0 Å². The molecule has 0 aliphatic rings. The topological polar surface area (TPSA) is 53.4 Å². The second kappa shape index (κ2) is 5.95. The zero-order chi connectivity index (χ0) is 15.6. The lowest BCUT2D eigenvalue weighted by molar-refractivity contribution is 0.0696. The first kappa shape index (κ1) is 15.0. The Labute approximate surface area is 125 Å². The van der Waals surface area contributed by atoms with E-state index in [4.69, 9.17) is 0 Å². The van der Waals surface area contributed by atoms with E-state index in [9.17, 15) is 9.90 Å². The minimum Gasteiger partial charge on any atom is -0.478 e. The van der Waals surface area contributed by atoms with Crippen molar-refractivity contribution in [3.63, 3.8) is 0 Å². The number of hydrogen-bond donors (Lipinski definition) is 1. The van der Waals surface area contributed by atoms with Crippen LogP contribution in [0.4, 0.5) is 5.82 Å². The Kier molecular flexibility index (Phi) is 4.26. The average Bonchev–Trinajstić information content (AvgIpc) is 2.39. The Hall–Kier alpha value is -2.36. The minimum absolute atomic E-state index is 0.275. The molecule has 1 heterocycles. The van der Waals surface area contributed by atoms with Crippen LogP contribution in [-0.4, -0.2) is 23.1 Å². The zero-order valence-corrected chi connectivity index (χ0v) is 12.8. The van der Waals surface area contributed by atoms with Crippen molar-refractivity contribution in [3.8, 4) is 0 Å². The molecule has 0 radical (unpaired) electrons. The SMILES string of the molecule is Cc1cc(C)c(C(=O)O)c(N(C)Cc2ccccc2C)n1. The monoisotopic (exact) mass is 284 g/mol. The van der Waals surface area contributed by atoms with Crippen LogP contribution in [0.5, 0.6) is 0 Å². The van der Waals surface area contributed by atoms with Crippen LogP contribution in [0.2, 0.25) is 0 Å². The van der Waals surface area contributed by atoms with Crippen molar-refractivity contribution in [2.45, 2.75) is 27.3 Å². The molecule has 110 valence electrons. The maximum Gasteiger partial charge on any atom is 0.339 e. The van der Waals surface area contributed by atoms with Gasteiger partial charge in [0.15, 0.2) is 0 Å². The fraction of sp³-hybridized carbons (Fsp3) is 0.294. The van der Waals surface area contributed by atoms with E-state index < -0.39 is 5.97 Å². The van der Waals surface area contributed by atoms with Crippen LogP contribution < -0.4 is 4.90 Å². The van der Waals surface area contributed by atoms with E-state index in [1.807, 2.05) is 37.9 Å². The molecule has 21 heavy (non-hydrogen) atoms. The van der Waals surface area contributed by atoms with Crippen LogP contribution in [-0.2, 0) is 6.54 Å². The molecule has 0 saturated heterocycles. The van der Waals surface area contributed by atoms with Gasteiger partial charge in [-0.2, -0.15) is 0 Å². The molecule has 0 fully saturated rings. The van der Waals surface area contributed by atoms with Gasteiger partial charge in [-0.3, -0.25) is 0 Å². The first-order chi connectivity index (χ1) is 9.90. The number of pyridine rings is 1. The van der Waals surface area contributed by atoms with Crippen LogP contribution in [0.25, 0.3) is 0 Å². The fourth-order valence-corrected chi connectivity index (χ4v) is 2.48. The average molecular weight is 284 g/mol. The largest absolute Gasteiger partial charge is 0.478 e. The molecule has 2 rings (SSSR count). The Morgan fingerprint density at radius 2 is 1.86 bits per heavy atom. The molecule has 0 amide bonds. The Bertz CT molecular complexity index is 680. The molecule has 0 atom stereocenters. The molecule has 0 unspecified atom stereocenters. The number of rotatable bonds is 4. The highest BCUT2D eigenvalue weighted by molar-refractivity contribution is 5.95. The van der Waals surface area contributed by atoms with E-state index in [0.717, 1.165) is 16.8 Å². The number of carboxylic acids is 1. The predicted molar refractivity (Wildman–Crippen MR) is 84.0 cm³/mol. The molecule has 4 nitrogen and oxygen atoms in total. The van der Waals surface area contributed by atoms with Crippen LogP contribution >= 0.6 is 0 Å². The second-order valence-corrected chi connectivity index (χ2v) is 5.37. The van der Waals surface area contributed by atoms with Crippen molar-refractivity contribution >= 4 is 11.8 Å². The van der Waals surface area contributed by atoms with Crippen molar-refractivity contribution in [3.05, 3.63) is 58.3 Å². The van der Waals surface area contributed by atoms with Crippen molar-refractivity contribution in [2.24, 2.45) is 0 Å². The van der Waals surface area contributed by atoms with Crippen LogP contribution in [0, 0.1) is 20.8 Å². The molecular weight excluding hydrogens is 264 g/mol. The van der Waals surface area contributed by atoms with Gasteiger partial charge in [0.2, 0.25) is 0 Å². The molecule has 1 aromatic heterocycles. The van der Waals surface area contributed by atoms with Gasteiger partial charge in [0.05, 0.1) is 0 Å². The summed E-state index contributed by atoms with van der Waals surface area (Å²) in [6, 6.07) is 9.89. The first-order valence-electron chi connectivity index (χ1n) is 6.87. The summed E-state index contributed by atoms with van der Waals surface area (Å²) >= 11 is 0. The highest BCUT2D eigenvalue weighted by Gasteiger charge is 2.19. The quantitative estimate of drug-likeness (QED) is 0.935. The third kappa shape index (κ3) is 3.21. The Balaban J connectivity index is 2.41. The van der Waals surface area contributed by atoms with Crippen molar-refractivity contribution in [2.75, 3.05) is 11.9 Å². The molecule has 4 heteroatoms. The highest BCUT2D eigenvalue weighted by Crippen LogP contribution is 2.23. The van der Waals surface area contributed by atoms with E-state index in [1.54, 1.807) is 6.07 Å².